The molecular weight excluding hydrogens is 640 g/mol. The molecule has 270 valence electrons. The summed E-state index contributed by atoms with van der Waals surface area (Å²) in [5, 5.41) is 19.9. The lowest BCUT2D eigenvalue weighted by Gasteiger charge is -2.28. The van der Waals surface area contributed by atoms with E-state index in [1.165, 1.54) is 0 Å². The fourth-order valence-electron chi connectivity index (χ4n) is 6.14. The Bertz CT molecular complexity index is 1550. The van der Waals surface area contributed by atoms with Crippen LogP contribution < -0.4 is 28.4 Å². The highest BCUT2D eigenvalue weighted by molar-refractivity contribution is 5.54. The van der Waals surface area contributed by atoms with Crippen LogP contribution >= 0.6 is 0 Å². The van der Waals surface area contributed by atoms with Crippen LogP contribution in [0.2, 0.25) is 0 Å². The summed E-state index contributed by atoms with van der Waals surface area (Å²) in [5.41, 5.74) is 4.06. The standard InChI is InChI=1S/C40H50O10/c1-43-35-20-29(21-36(44-2)39(35)47-5)24-49-17-7-8-31(18-27-9-13-33(41)14-10-27)32(19-28-11-15-34(42)16-12-28)26-50-25-30-22-37(45-3)40(48-6)38(23-30)46-4/h9-16,20-23,31-32,41-42H,7-8,17-19,24-26H2,1-6H3/t31-,32+/m1/s1. The third-order valence-electron chi connectivity index (χ3n) is 8.72. The molecule has 0 unspecified atom stereocenters. The summed E-state index contributed by atoms with van der Waals surface area (Å²) in [7, 11) is 9.55. The van der Waals surface area contributed by atoms with Gasteiger partial charge in [-0.2, -0.15) is 0 Å². The number of hydrogen-bond donors (Lipinski definition) is 2. The Kier molecular flexibility index (Phi) is 14.8. The number of methoxy groups -OCH3 is 6. The van der Waals surface area contributed by atoms with Crippen LogP contribution in [0.4, 0.5) is 0 Å². The Balaban J connectivity index is 1.50. The van der Waals surface area contributed by atoms with Crippen molar-refractivity contribution in [3.05, 3.63) is 95.1 Å². The number of aromatic hydroxyl groups is 2. The van der Waals surface area contributed by atoms with Gasteiger partial charge in [-0.05, 0) is 108 Å². The molecule has 50 heavy (non-hydrogen) atoms. The van der Waals surface area contributed by atoms with Gasteiger partial charge in [-0.15, -0.1) is 0 Å². The summed E-state index contributed by atoms with van der Waals surface area (Å²) in [5.74, 6) is 4.21. The van der Waals surface area contributed by atoms with Crippen LogP contribution in [0.25, 0.3) is 0 Å². The summed E-state index contributed by atoms with van der Waals surface area (Å²) in [6.45, 7) is 1.80. The van der Waals surface area contributed by atoms with E-state index in [9.17, 15) is 10.2 Å². The van der Waals surface area contributed by atoms with Gasteiger partial charge < -0.3 is 48.1 Å². The highest BCUT2D eigenvalue weighted by Crippen LogP contribution is 2.39. The van der Waals surface area contributed by atoms with E-state index in [1.54, 1.807) is 66.9 Å². The molecule has 0 aliphatic carbocycles. The number of hydrogen-bond acceptors (Lipinski definition) is 10. The van der Waals surface area contributed by atoms with Crippen LogP contribution in [0.15, 0.2) is 72.8 Å². The first-order chi connectivity index (χ1) is 24.3. The van der Waals surface area contributed by atoms with E-state index < -0.39 is 0 Å². The second kappa shape index (κ2) is 19.4. The van der Waals surface area contributed by atoms with Crippen molar-refractivity contribution in [2.45, 2.75) is 38.9 Å². The Morgan fingerprint density at radius 2 is 0.880 bits per heavy atom. The Hall–Kier alpha value is -4.80. The van der Waals surface area contributed by atoms with Gasteiger partial charge in [-0.1, -0.05) is 24.3 Å². The van der Waals surface area contributed by atoms with Gasteiger partial charge in [0.1, 0.15) is 11.5 Å². The maximum Gasteiger partial charge on any atom is 0.203 e. The highest BCUT2D eigenvalue weighted by Gasteiger charge is 2.24. The monoisotopic (exact) mass is 690 g/mol. The van der Waals surface area contributed by atoms with E-state index in [0.717, 1.165) is 47.9 Å². The first-order valence-corrected chi connectivity index (χ1v) is 16.6. The van der Waals surface area contributed by atoms with Gasteiger partial charge in [0.15, 0.2) is 23.0 Å². The molecule has 0 spiro atoms. The average Bonchev–Trinajstić information content (AvgIpc) is 3.14. The van der Waals surface area contributed by atoms with E-state index in [4.69, 9.17) is 37.9 Å². The van der Waals surface area contributed by atoms with E-state index in [1.807, 2.05) is 48.5 Å². The topological polar surface area (TPSA) is 114 Å². The third-order valence-corrected chi connectivity index (χ3v) is 8.72. The van der Waals surface area contributed by atoms with Crippen LogP contribution in [0.5, 0.6) is 46.0 Å². The Morgan fingerprint density at radius 1 is 0.480 bits per heavy atom. The van der Waals surface area contributed by atoms with E-state index in [2.05, 4.69) is 0 Å². The quantitative estimate of drug-likeness (QED) is 0.0859. The van der Waals surface area contributed by atoms with E-state index >= 15 is 0 Å². The minimum Gasteiger partial charge on any atom is -0.508 e. The lowest BCUT2D eigenvalue weighted by Crippen LogP contribution is -2.25. The van der Waals surface area contributed by atoms with Crippen molar-refractivity contribution < 1.29 is 48.1 Å². The molecule has 0 aliphatic rings. The molecule has 0 bridgehead atoms. The van der Waals surface area contributed by atoms with Gasteiger partial charge in [0.2, 0.25) is 11.5 Å². The fraction of sp³-hybridized carbons (Fsp3) is 0.400. The zero-order valence-electron chi connectivity index (χ0n) is 29.9. The largest absolute Gasteiger partial charge is 0.508 e. The molecule has 0 aliphatic heterocycles. The van der Waals surface area contributed by atoms with Crippen molar-refractivity contribution in [1.29, 1.82) is 0 Å². The maximum atomic E-state index is 9.93. The summed E-state index contributed by atoms with van der Waals surface area (Å²) >= 11 is 0. The molecule has 0 saturated carbocycles. The second-order valence-corrected chi connectivity index (χ2v) is 12.0. The number of rotatable bonds is 21. The smallest absolute Gasteiger partial charge is 0.203 e. The maximum absolute atomic E-state index is 9.93. The highest BCUT2D eigenvalue weighted by atomic mass is 16.5. The van der Waals surface area contributed by atoms with Gasteiger partial charge in [0, 0.05) is 6.61 Å². The average molecular weight is 691 g/mol. The lowest BCUT2D eigenvalue weighted by atomic mass is 9.80. The minimum absolute atomic E-state index is 0.130. The van der Waals surface area contributed by atoms with Gasteiger partial charge in [-0.25, -0.2) is 0 Å². The third kappa shape index (κ3) is 10.6. The van der Waals surface area contributed by atoms with Crippen molar-refractivity contribution in [2.75, 3.05) is 55.9 Å². The van der Waals surface area contributed by atoms with Crippen LogP contribution in [0, 0.1) is 11.8 Å². The zero-order chi connectivity index (χ0) is 35.9. The molecule has 0 radical (unpaired) electrons. The molecule has 0 heterocycles. The summed E-state index contributed by atoms with van der Waals surface area (Å²) in [4.78, 5) is 0. The normalized spacial score (nSPS) is 12.2. The molecule has 0 aromatic heterocycles. The second-order valence-electron chi connectivity index (χ2n) is 12.0. The van der Waals surface area contributed by atoms with Crippen molar-refractivity contribution in [1.82, 2.24) is 0 Å². The van der Waals surface area contributed by atoms with Gasteiger partial charge >= 0.3 is 0 Å². The molecule has 4 aromatic carbocycles. The van der Waals surface area contributed by atoms with E-state index in [0.29, 0.717) is 60.9 Å². The Labute approximate surface area is 295 Å². The number of phenols is 2. The lowest BCUT2D eigenvalue weighted by molar-refractivity contribution is 0.0578. The van der Waals surface area contributed by atoms with Crippen LogP contribution in [0.3, 0.4) is 0 Å². The summed E-state index contributed by atoms with van der Waals surface area (Å²) < 4.78 is 45.6. The van der Waals surface area contributed by atoms with E-state index in [-0.39, 0.29) is 23.3 Å². The van der Waals surface area contributed by atoms with Gasteiger partial charge in [0.25, 0.3) is 0 Å². The number of benzene rings is 4. The summed E-state index contributed by atoms with van der Waals surface area (Å²) in [6.07, 6.45) is 3.26. The van der Waals surface area contributed by atoms with Crippen molar-refractivity contribution in [3.8, 4) is 46.0 Å². The zero-order valence-corrected chi connectivity index (χ0v) is 29.9. The predicted molar refractivity (Wildman–Crippen MR) is 191 cm³/mol. The number of phenolic OH excluding ortho intramolecular Hbond substituents is 2. The molecule has 2 N–H and O–H groups in total. The molecule has 0 saturated heterocycles. The van der Waals surface area contributed by atoms with Gasteiger partial charge in [-0.3, -0.25) is 0 Å². The van der Waals surface area contributed by atoms with Crippen LogP contribution in [-0.4, -0.2) is 66.1 Å². The SMILES string of the molecule is COc1cc(COCCC[C@H](Cc2ccc(O)cc2)[C@H](COCc2cc(OC)c(OC)c(OC)c2)Cc2ccc(O)cc2)cc(OC)c1OC. The molecule has 4 aromatic rings. The van der Waals surface area contributed by atoms with Crippen molar-refractivity contribution in [3.63, 3.8) is 0 Å². The first-order valence-electron chi connectivity index (χ1n) is 16.6. The first kappa shape index (κ1) is 38.0. The van der Waals surface area contributed by atoms with Crippen molar-refractivity contribution in [2.24, 2.45) is 11.8 Å². The predicted octanol–water partition coefficient (Wildman–Crippen LogP) is 7.38. The van der Waals surface area contributed by atoms with Crippen LogP contribution in [0.1, 0.15) is 35.1 Å². The Morgan fingerprint density at radius 3 is 1.28 bits per heavy atom. The van der Waals surface area contributed by atoms with Crippen LogP contribution in [-0.2, 0) is 35.5 Å². The molecule has 0 fully saturated rings. The number of ether oxygens (including phenoxy) is 8. The minimum atomic E-state index is 0.130. The fourth-order valence-corrected chi connectivity index (χ4v) is 6.14. The molecule has 0 amide bonds. The molecule has 4 rings (SSSR count). The molecule has 10 heteroatoms. The molecule has 2 atom stereocenters. The van der Waals surface area contributed by atoms with Crippen molar-refractivity contribution >= 4 is 0 Å². The summed E-state index contributed by atoms with van der Waals surface area (Å²) in [6, 6.07) is 22.3. The molecule has 10 nitrogen and oxygen atoms in total. The van der Waals surface area contributed by atoms with Gasteiger partial charge in [0.05, 0.1) is 62.5 Å². The molecular formula is C40H50O10.